The number of aryl methyl sites for hydroxylation is 1. The van der Waals surface area contributed by atoms with Gasteiger partial charge in [0.1, 0.15) is 6.61 Å². The number of sulfonamides is 1. The molecule has 0 radical (unpaired) electrons. The fourth-order valence-electron chi connectivity index (χ4n) is 1.13. The number of nitrogens with zero attached hydrogens (tertiary/aromatic N) is 2. The van der Waals surface area contributed by atoms with E-state index in [0.717, 1.165) is 0 Å². The molecule has 0 aliphatic heterocycles. The van der Waals surface area contributed by atoms with Crippen LogP contribution >= 0.6 is 0 Å². The van der Waals surface area contributed by atoms with Gasteiger partial charge in [0, 0.05) is 19.3 Å². The summed E-state index contributed by atoms with van der Waals surface area (Å²) < 4.78 is 32.0. The quantitative estimate of drug-likeness (QED) is 0.607. The first-order valence-electron chi connectivity index (χ1n) is 5.26. The topological polar surface area (TPSA) is 111 Å². The van der Waals surface area contributed by atoms with Gasteiger partial charge >= 0.3 is 5.97 Å². The molecule has 18 heavy (non-hydrogen) atoms. The Bertz CT molecular complexity index is 496. The lowest BCUT2D eigenvalue weighted by Gasteiger charge is -2.04. The lowest BCUT2D eigenvalue weighted by Crippen LogP contribution is -2.28. The first kappa shape index (κ1) is 14.6. The number of carboxylic acids is 1. The first-order chi connectivity index (χ1) is 8.45. The van der Waals surface area contributed by atoms with Gasteiger partial charge in [-0.15, -0.1) is 0 Å². The van der Waals surface area contributed by atoms with Gasteiger partial charge in [0.25, 0.3) is 10.0 Å². The molecule has 102 valence electrons. The Morgan fingerprint density at radius 2 is 2.33 bits per heavy atom. The molecule has 1 heterocycles. The van der Waals surface area contributed by atoms with Crippen LogP contribution in [0.3, 0.4) is 0 Å². The van der Waals surface area contributed by atoms with E-state index in [0.29, 0.717) is 6.54 Å². The summed E-state index contributed by atoms with van der Waals surface area (Å²) in [6.07, 6.45) is 2.84. The van der Waals surface area contributed by atoms with Crippen molar-refractivity contribution in [3.8, 4) is 0 Å². The van der Waals surface area contributed by atoms with Gasteiger partial charge in [-0.3, -0.25) is 0 Å². The predicted octanol–water partition coefficient (Wildman–Crippen LogP) is -0.717. The van der Waals surface area contributed by atoms with Crippen LogP contribution in [0, 0.1) is 0 Å². The Morgan fingerprint density at radius 3 is 2.89 bits per heavy atom. The lowest BCUT2D eigenvalue weighted by molar-refractivity contribution is -0.142. The molecule has 0 saturated carbocycles. The van der Waals surface area contributed by atoms with Crippen LogP contribution in [0.25, 0.3) is 0 Å². The van der Waals surface area contributed by atoms with Crippen molar-refractivity contribution in [2.75, 3.05) is 19.8 Å². The Hall–Kier alpha value is -1.45. The largest absolute Gasteiger partial charge is 0.480 e. The molecule has 8 nitrogen and oxygen atoms in total. The summed E-state index contributed by atoms with van der Waals surface area (Å²) in [4.78, 5) is 13.9. The van der Waals surface area contributed by atoms with E-state index in [4.69, 9.17) is 9.84 Å². The molecule has 0 bridgehead atoms. The molecule has 1 rings (SSSR count). The highest BCUT2D eigenvalue weighted by atomic mass is 32.2. The Balaban J connectivity index is 2.42. The molecule has 0 aromatic carbocycles. The van der Waals surface area contributed by atoms with Crippen molar-refractivity contribution >= 4 is 16.0 Å². The third-order valence-electron chi connectivity index (χ3n) is 2.01. The minimum absolute atomic E-state index is 0.00536. The number of imidazole rings is 1. The van der Waals surface area contributed by atoms with E-state index in [2.05, 4.69) is 9.71 Å². The van der Waals surface area contributed by atoms with E-state index < -0.39 is 22.6 Å². The molecule has 0 saturated heterocycles. The summed E-state index contributed by atoms with van der Waals surface area (Å²) in [5.41, 5.74) is 0. The van der Waals surface area contributed by atoms with Gasteiger partial charge in [-0.05, 0) is 6.92 Å². The fourth-order valence-corrected chi connectivity index (χ4v) is 2.09. The number of rotatable bonds is 8. The molecular formula is C9H15N3O5S. The molecule has 0 fully saturated rings. The van der Waals surface area contributed by atoms with Gasteiger partial charge in [-0.2, -0.15) is 0 Å². The third kappa shape index (κ3) is 4.43. The van der Waals surface area contributed by atoms with Crippen LogP contribution in [0.2, 0.25) is 0 Å². The smallest absolute Gasteiger partial charge is 0.329 e. The van der Waals surface area contributed by atoms with E-state index in [1.165, 1.54) is 12.5 Å². The molecule has 0 aliphatic rings. The second kappa shape index (κ2) is 6.47. The van der Waals surface area contributed by atoms with Crippen LogP contribution in [0.4, 0.5) is 0 Å². The van der Waals surface area contributed by atoms with Gasteiger partial charge in [0.2, 0.25) is 0 Å². The predicted molar refractivity (Wildman–Crippen MR) is 61.5 cm³/mol. The number of carbonyl (C=O) groups is 1. The number of hydrogen-bond acceptors (Lipinski definition) is 5. The molecule has 0 aliphatic carbocycles. The molecule has 1 aromatic rings. The molecule has 2 N–H and O–H groups in total. The van der Waals surface area contributed by atoms with Gasteiger partial charge in [0.05, 0.1) is 12.9 Å². The zero-order valence-corrected chi connectivity index (χ0v) is 10.7. The van der Waals surface area contributed by atoms with E-state index in [9.17, 15) is 13.2 Å². The zero-order valence-electron chi connectivity index (χ0n) is 9.87. The summed E-state index contributed by atoms with van der Waals surface area (Å²) in [5, 5.41) is 8.24. The standard InChI is InChI=1S/C9H15N3O5S/c1-2-12-5-8(10-7-12)18(15,16)11-3-4-17-6-9(13)14/h5,7,11H,2-4,6H2,1H3,(H,13,14). The summed E-state index contributed by atoms with van der Waals surface area (Å²) in [7, 11) is -3.66. The summed E-state index contributed by atoms with van der Waals surface area (Å²) in [6, 6.07) is 0. The van der Waals surface area contributed by atoms with Crippen LogP contribution in [0.1, 0.15) is 6.92 Å². The van der Waals surface area contributed by atoms with Crippen molar-refractivity contribution < 1.29 is 23.1 Å². The number of hydrogen-bond donors (Lipinski definition) is 2. The second-order valence-corrected chi connectivity index (χ2v) is 5.10. The Morgan fingerprint density at radius 1 is 1.61 bits per heavy atom. The van der Waals surface area contributed by atoms with Crippen molar-refractivity contribution in [2.45, 2.75) is 18.5 Å². The van der Waals surface area contributed by atoms with Crippen molar-refractivity contribution in [3.63, 3.8) is 0 Å². The Kier molecular flexibility index (Phi) is 5.25. The zero-order chi connectivity index (χ0) is 13.6. The number of aliphatic carboxylic acids is 1. The number of ether oxygens (including phenoxy) is 1. The van der Waals surface area contributed by atoms with Crippen LogP contribution in [-0.4, -0.2) is 48.8 Å². The molecule has 0 unspecified atom stereocenters. The average molecular weight is 277 g/mol. The van der Waals surface area contributed by atoms with Crippen LogP contribution in [-0.2, 0) is 26.1 Å². The SMILES string of the molecule is CCn1cnc(S(=O)(=O)NCCOCC(=O)O)c1. The van der Waals surface area contributed by atoms with E-state index in [1.54, 1.807) is 4.57 Å². The minimum Gasteiger partial charge on any atom is -0.480 e. The fraction of sp³-hybridized carbons (Fsp3) is 0.556. The number of carboxylic acid groups (broad SMARTS) is 1. The average Bonchev–Trinajstić information content (AvgIpc) is 2.77. The Labute approximate surface area is 105 Å². The molecule has 1 aromatic heterocycles. The highest BCUT2D eigenvalue weighted by Crippen LogP contribution is 2.04. The molecule has 9 heteroatoms. The summed E-state index contributed by atoms with van der Waals surface area (Å²) in [5.74, 6) is -1.10. The van der Waals surface area contributed by atoms with E-state index >= 15 is 0 Å². The van der Waals surface area contributed by atoms with Crippen LogP contribution < -0.4 is 4.72 Å². The van der Waals surface area contributed by atoms with Crippen molar-refractivity contribution in [1.82, 2.24) is 14.3 Å². The monoisotopic (exact) mass is 277 g/mol. The third-order valence-corrected chi connectivity index (χ3v) is 3.36. The number of aromatic nitrogens is 2. The molecule has 0 atom stereocenters. The van der Waals surface area contributed by atoms with Crippen molar-refractivity contribution in [2.24, 2.45) is 0 Å². The van der Waals surface area contributed by atoms with Gasteiger partial charge in [-0.25, -0.2) is 22.9 Å². The molecular weight excluding hydrogens is 262 g/mol. The molecule has 0 amide bonds. The highest BCUT2D eigenvalue weighted by molar-refractivity contribution is 7.89. The second-order valence-electron chi connectivity index (χ2n) is 3.39. The van der Waals surface area contributed by atoms with E-state index in [1.807, 2.05) is 6.92 Å². The van der Waals surface area contributed by atoms with Crippen LogP contribution in [0.15, 0.2) is 17.6 Å². The normalized spacial score (nSPS) is 11.6. The first-order valence-corrected chi connectivity index (χ1v) is 6.75. The van der Waals surface area contributed by atoms with Crippen LogP contribution in [0.5, 0.6) is 0 Å². The summed E-state index contributed by atoms with van der Waals surface area (Å²) >= 11 is 0. The lowest BCUT2D eigenvalue weighted by atomic mass is 10.7. The highest BCUT2D eigenvalue weighted by Gasteiger charge is 2.16. The number of nitrogens with one attached hydrogen (secondary N) is 1. The minimum atomic E-state index is -3.66. The maximum Gasteiger partial charge on any atom is 0.329 e. The van der Waals surface area contributed by atoms with Crippen molar-refractivity contribution in [3.05, 3.63) is 12.5 Å². The maximum absolute atomic E-state index is 11.7. The van der Waals surface area contributed by atoms with Gasteiger partial charge in [-0.1, -0.05) is 0 Å². The van der Waals surface area contributed by atoms with E-state index in [-0.39, 0.29) is 18.2 Å². The van der Waals surface area contributed by atoms with Gasteiger partial charge < -0.3 is 14.4 Å². The molecule has 0 spiro atoms. The van der Waals surface area contributed by atoms with Gasteiger partial charge in [0.15, 0.2) is 5.03 Å². The summed E-state index contributed by atoms with van der Waals surface area (Å²) in [6.45, 7) is 2.02. The van der Waals surface area contributed by atoms with Crippen molar-refractivity contribution in [1.29, 1.82) is 0 Å². The maximum atomic E-state index is 11.7.